The Morgan fingerprint density at radius 1 is 1.04 bits per heavy atom. The van der Waals surface area contributed by atoms with Gasteiger partial charge in [-0.05, 0) is 35.9 Å². The van der Waals surface area contributed by atoms with E-state index in [2.05, 4.69) is 10.6 Å². The summed E-state index contributed by atoms with van der Waals surface area (Å²) in [5, 5.41) is 14.1. The maximum atomic E-state index is 12.4. The molecule has 0 aliphatic carbocycles. The fourth-order valence-corrected chi connectivity index (χ4v) is 2.24. The van der Waals surface area contributed by atoms with Crippen LogP contribution in [0, 0.1) is 0 Å². The number of carbonyl (C=O) groups is 2. The average Bonchev–Trinajstić information content (AvgIpc) is 2.66. The summed E-state index contributed by atoms with van der Waals surface area (Å²) in [6.45, 7) is -0.0693. The molecule has 0 aromatic heterocycles. The Labute approximate surface area is 153 Å². The van der Waals surface area contributed by atoms with Gasteiger partial charge in [-0.1, -0.05) is 30.3 Å². The van der Waals surface area contributed by atoms with Crippen LogP contribution >= 0.6 is 0 Å². The van der Waals surface area contributed by atoms with Crippen LogP contribution in [-0.4, -0.2) is 44.2 Å². The van der Waals surface area contributed by atoms with Crippen LogP contribution in [0.2, 0.25) is 0 Å². The van der Waals surface area contributed by atoms with E-state index in [1.54, 1.807) is 30.3 Å². The van der Waals surface area contributed by atoms with Crippen molar-refractivity contribution < 1.29 is 14.7 Å². The number of nitrogens with zero attached hydrogens (tertiary/aromatic N) is 1. The lowest BCUT2D eigenvalue weighted by atomic mass is 10.1. The first-order valence-corrected chi connectivity index (χ1v) is 8.26. The van der Waals surface area contributed by atoms with Crippen LogP contribution in [-0.2, 0) is 4.79 Å². The highest BCUT2D eigenvalue weighted by Crippen LogP contribution is 2.14. The lowest BCUT2D eigenvalue weighted by Gasteiger charge is -2.13. The fraction of sp³-hybridized carbons (Fsp3) is 0.200. The number of aliphatic hydroxyl groups is 1. The Bertz CT molecular complexity index is 769. The molecule has 0 aliphatic heterocycles. The van der Waals surface area contributed by atoms with Gasteiger partial charge < -0.3 is 20.6 Å². The molecule has 0 spiro atoms. The number of hydrogen-bond donors (Lipinski definition) is 3. The third kappa shape index (κ3) is 5.46. The van der Waals surface area contributed by atoms with Crippen LogP contribution in [0.15, 0.2) is 60.3 Å². The summed E-state index contributed by atoms with van der Waals surface area (Å²) < 4.78 is 0. The molecule has 26 heavy (non-hydrogen) atoms. The molecule has 6 heteroatoms. The molecule has 0 aliphatic rings. The molecule has 0 atom stereocenters. The summed E-state index contributed by atoms with van der Waals surface area (Å²) in [4.78, 5) is 26.7. The summed E-state index contributed by atoms with van der Waals surface area (Å²) in [7, 11) is 3.89. The minimum Gasteiger partial charge on any atom is -0.395 e. The minimum atomic E-state index is -0.458. The van der Waals surface area contributed by atoms with E-state index in [9.17, 15) is 9.59 Å². The SMILES string of the molecule is CN(C)c1ccc(C=C(NC(=O)c2ccccc2)C(=O)NCCO)cc1. The maximum Gasteiger partial charge on any atom is 0.267 e. The standard InChI is InChI=1S/C20H23N3O3/c1-23(2)17-10-8-15(9-11-17)14-18(20(26)21-12-13-24)22-19(25)16-6-4-3-5-7-16/h3-11,14,24H,12-13H2,1-2H3,(H,21,26)(H,22,25). The van der Waals surface area contributed by atoms with Gasteiger partial charge in [-0.3, -0.25) is 9.59 Å². The Hall–Kier alpha value is -3.12. The van der Waals surface area contributed by atoms with Crippen molar-refractivity contribution >= 4 is 23.6 Å². The molecule has 0 saturated carbocycles. The summed E-state index contributed by atoms with van der Waals surface area (Å²) in [6, 6.07) is 16.2. The van der Waals surface area contributed by atoms with E-state index < -0.39 is 5.91 Å². The molecule has 2 aromatic rings. The predicted molar refractivity (Wildman–Crippen MR) is 103 cm³/mol. The third-order valence-corrected chi connectivity index (χ3v) is 3.65. The van der Waals surface area contributed by atoms with Crippen LogP contribution < -0.4 is 15.5 Å². The third-order valence-electron chi connectivity index (χ3n) is 3.65. The number of nitrogens with one attached hydrogen (secondary N) is 2. The predicted octanol–water partition coefficient (Wildman–Crippen LogP) is 1.63. The highest BCUT2D eigenvalue weighted by atomic mass is 16.3. The number of aliphatic hydroxyl groups excluding tert-OH is 1. The molecule has 2 rings (SSSR count). The van der Waals surface area contributed by atoms with Crippen molar-refractivity contribution in [3.63, 3.8) is 0 Å². The first kappa shape index (κ1) is 19.2. The van der Waals surface area contributed by atoms with E-state index >= 15 is 0 Å². The molecule has 0 heterocycles. The molecule has 0 radical (unpaired) electrons. The van der Waals surface area contributed by atoms with Crippen molar-refractivity contribution in [3.05, 3.63) is 71.4 Å². The molecule has 0 bridgehead atoms. The number of hydrogen-bond acceptors (Lipinski definition) is 4. The van der Waals surface area contributed by atoms with Crippen molar-refractivity contribution in [3.8, 4) is 0 Å². The van der Waals surface area contributed by atoms with Crippen LogP contribution in [0.4, 0.5) is 5.69 Å². The van der Waals surface area contributed by atoms with Crippen LogP contribution in [0.1, 0.15) is 15.9 Å². The van der Waals surface area contributed by atoms with Gasteiger partial charge in [0.2, 0.25) is 0 Å². The van der Waals surface area contributed by atoms with Crippen molar-refractivity contribution in [2.75, 3.05) is 32.1 Å². The lowest BCUT2D eigenvalue weighted by molar-refractivity contribution is -0.117. The zero-order valence-electron chi connectivity index (χ0n) is 14.9. The monoisotopic (exact) mass is 353 g/mol. The largest absolute Gasteiger partial charge is 0.395 e. The maximum absolute atomic E-state index is 12.4. The van der Waals surface area contributed by atoms with Gasteiger partial charge in [0.25, 0.3) is 11.8 Å². The topological polar surface area (TPSA) is 81.7 Å². The quantitative estimate of drug-likeness (QED) is 0.661. The second-order valence-electron chi connectivity index (χ2n) is 5.84. The normalized spacial score (nSPS) is 11.0. The van der Waals surface area contributed by atoms with E-state index in [4.69, 9.17) is 5.11 Å². The van der Waals surface area contributed by atoms with E-state index in [0.29, 0.717) is 5.56 Å². The van der Waals surface area contributed by atoms with Crippen molar-refractivity contribution in [2.45, 2.75) is 0 Å². The average molecular weight is 353 g/mol. The van der Waals surface area contributed by atoms with Crippen LogP contribution in [0.25, 0.3) is 6.08 Å². The number of carbonyl (C=O) groups excluding carboxylic acids is 2. The molecule has 2 amide bonds. The Kier molecular flexibility index (Phi) is 6.93. The highest BCUT2D eigenvalue weighted by Gasteiger charge is 2.14. The van der Waals surface area contributed by atoms with Crippen molar-refractivity contribution in [1.82, 2.24) is 10.6 Å². The molecule has 0 unspecified atom stereocenters. The molecule has 136 valence electrons. The summed E-state index contributed by atoms with van der Waals surface area (Å²) in [5.74, 6) is -0.832. The molecule has 0 saturated heterocycles. The Balaban J connectivity index is 2.25. The number of benzene rings is 2. The van der Waals surface area contributed by atoms with Crippen molar-refractivity contribution in [1.29, 1.82) is 0 Å². The van der Waals surface area contributed by atoms with E-state index in [-0.39, 0.29) is 24.8 Å². The number of rotatable bonds is 7. The van der Waals surface area contributed by atoms with Gasteiger partial charge in [0.05, 0.1) is 6.61 Å². The molecule has 0 fully saturated rings. The second-order valence-corrected chi connectivity index (χ2v) is 5.84. The van der Waals surface area contributed by atoms with Gasteiger partial charge in [-0.15, -0.1) is 0 Å². The summed E-state index contributed by atoms with van der Waals surface area (Å²) in [6.07, 6.45) is 1.60. The summed E-state index contributed by atoms with van der Waals surface area (Å²) >= 11 is 0. The lowest BCUT2D eigenvalue weighted by Crippen LogP contribution is -2.36. The number of anilines is 1. The second kappa shape index (κ2) is 9.39. The van der Waals surface area contributed by atoms with Gasteiger partial charge in [0, 0.05) is 31.9 Å². The minimum absolute atomic E-state index is 0.108. The van der Waals surface area contributed by atoms with Crippen LogP contribution in [0.5, 0.6) is 0 Å². The Morgan fingerprint density at radius 2 is 1.69 bits per heavy atom. The number of amides is 2. The van der Waals surface area contributed by atoms with Crippen LogP contribution in [0.3, 0.4) is 0 Å². The van der Waals surface area contributed by atoms with Gasteiger partial charge in [0.1, 0.15) is 5.70 Å². The highest BCUT2D eigenvalue weighted by molar-refractivity contribution is 6.05. The van der Waals surface area contributed by atoms with Gasteiger partial charge in [0.15, 0.2) is 0 Å². The molecular formula is C20H23N3O3. The van der Waals surface area contributed by atoms with E-state index in [1.165, 1.54) is 0 Å². The van der Waals surface area contributed by atoms with Crippen molar-refractivity contribution in [2.24, 2.45) is 0 Å². The van der Waals surface area contributed by atoms with E-state index in [0.717, 1.165) is 11.3 Å². The zero-order chi connectivity index (χ0) is 18.9. The molecule has 2 aromatic carbocycles. The van der Waals surface area contributed by atoms with Gasteiger partial charge in [-0.25, -0.2) is 0 Å². The first-order chi connectivity index (χ1) is 12.5. The fourth-order valence-electron chi connectivity index (χ4n) is 2.24. The van der Waals surface area contributed by atoms with Gasteiger partial charge in [-0.2, -0.15) is 0 Å². The molecular weight excluding hydrogens is 330 g/mol. The Morgan fingerprint density at radius 3 is 2.27 bits per heavy atom. The van der Waals surface area contributed by atoms with Gasteiger partial charge >= 0.3 is 0 Å². The summed E-state index contributed by atoms with van der Waals surface area (Å²) in [5.41, 5.74) is 2.38. The van der Waals surface area contributed by atoms with E-state index in [1.807, 2.05) is 49.3 Å². The zero-order valence-corrected chi connectivity index (χ0v) is 14.9. The molecule has 6 nitrogen and oxygen atoms in total. The molecule has 3 N–H and O–H groups in total. The first-order valence-electron chi connectivity index (χ1n) is 8.26. The smallest absolute Gasteiger partial charge is 0.267 e.